The first kappa shape index (κ1) is 15.5. The lowest BCUT2D eigenvalue weighted by Crippen LogP contribution is -2.20. The minimum absolute atomic E-state index is 0.0472. The Bertz CT molecular complexity index is 627. The van der Waals surface area contributed by atoms with Crippen LogP contribution in [0.5, 0.6) is 5.75 Å². The molecule has 0 saturated heterocycles. The highest BCUT2D eigenvalue weighted by Gasteiger charge is 2.06. The van der Waals surface area contributed by atoms with Crippen molar-refractivity contribution in [1.82, 2.24) is 0 Å². The average molecular weight is 349 g/mol. The minimum Gasteiger partial charge on any atom is -0.483 e. The van der Waals surface area contributed by atoms with Crippen molar-refractivity contribution in [2.75, 3.05) is 11.9 Å². The summed E-state index contributed by atoms with van der Waals surface area (Å²) in [6, 6.07) is 13.2. The molecule has 5 heteroatoms. The third kappa shape index (κ3) is 4.58. The highest BCUT2D eigenvalue weighted by Crippen LogP contribution is 2.25. The smallest absolute Gasteiger partial charge is 0.262 e. The highest BCUT2D eigenvalue weighted by atomic mass is 79.9. The Balaban J connectivity index is 1.90. The predicted octanol–water partition coefficient (Wildman–Crippen LogP) is 3.23. The molecule has 0 aromatic heterocycles. The number of anilines is 1. The number of benzene rings is 2. The van der Waals surface area contributed by atoms with Gasteiger partial charge in [-0.15, -0.1) is 0 Å². The van der Waals surface area contributed by atoms with Gasteiger partial charge < -0.3 is 15.8 Å². The van der Waals surface area contributed by atoms with Crippen LogP contribution >= 0.6 is 15.9 Å². The number of rotatable bonds is 5. The van der Waals surface area contributed by atoms with E-state index in [1.54, 1.807) is 6.07 Å². The summed E-state index contributed by atoms with van der Waals surface area (Å²) in [7, 11) is 0. The molecular weight excluding hydrogens is 332 g/mol. The second-order valence-corrected chi connectivity index (χ2v) is 5.53. The number of amides is 1. The Morgan fingerprint density at radius 1 is 1.24 bits per heavy atom. The van der Waals surface area contributed by atoms with Crippen molar-refractivity contribution < 1.29 is 9.53 Å². The molecule has 110 valence electrons. The molecule has 0 aliphatic carbocycles. The Morgan fingerprint density at radius 3 is 2.57 bits per heavy atom. The van der Waals surface area contributed by atoms with Gasteiger partial charge in [0.05, 0.1) is 4.47 Å². The van der Waals surface area contributed by atoms with Crippen LogP contribution in [0.3, 0.4) is 0 Å². The molecule has 0 unspecified atom stereocenters. The van der Waals surface area contributed by atoms with Gasteiger partial charge >= 0.3 is 0 Å². The lowest BCUT2D eigenvalue weighted by atomic mass is 10.2. The maximum absolute atomic E-state index is 11.8. The molecule has 1 amide bonds. The third-order valence-corrected chi connectivity index (χ3v) is 3.55. The zero-order valence-corrected chi connectivity index (χ0v) is 13.3. The van der Waals surface area contributed by atoms with E-state index in [4.69, 9.17) is 10.5 Å². The minimum atomic E-state index is -0.200. The number of ether oxygens (including phenoxy) is 1. The van der Waals surface area contributed by atoms with Crippen LogP contribution in [-0.2, 0) is 11.3 Å². The summed E-state index contributed by atoms with van der Waals surface area (Å²) in [4.78, 5) is 11.8. The lowest BCUT2D eigenvalue weighted by molar-refractivity contribution is -0.118. The second-order valence-electron chi connectivity index (χ2n) is 4.67. The molecule has 0 aliphatic rings. The van der Waals surface area contributed by atoms with E-state index in [1.165, 1.54) is 0 Å². The van der Waals surface area contributed by atoms with Crippen molar-refractivity contribution in [2.24, 2.45) is 5.73 Å². The van der Waals surface area contributed by atoms with Gasteiger partial charge in [-0.3, -0.25) is 4.79 Å². The van der Waals surface area contributed by atoms with Crippen molar-refractivity contribution in [1.29, 1.82) is 0 Å². The number of carbonyl (C=O) groups excluding carboxylic acids is 1. The quantitative estimate of drug-likeness (QED) is 0.871. The van der Waals surface area contributed by atoms with Crippen molar-refractivity contribution >= 4 is 27.5 Å². The van der Waals surface area contributed by atoms with Crippen LogP contribution < -0.4 is 15.8 Å². The van der Waals surface area contributed by atoms with Gasteiger partial charge in [-0.2, -0.15) is 0 Å². The van der Waals surface area contributed by atoms with E-state index in [-0.39, 0.29) is 12.5 Å². The van der Waals surface area contributed by atoms with E-state index in [0.29, 0.717) is 12.3 Å². The number of nitrogens with one attached hydrogen (secondary N) is 1. The average Bonchev–Trinajstić information content (AvgIpc) is 2.48. The van der Waals surface area contributed by atoms with E-state index in [1.807, 2.05) is 43.3 Å². The molecule has 3 N–H and O–H groups in total. The number of nitrogens with two attached hydrogens (primary N) is 1. The lowest BCUT2D eigenvalue weighted by Gasteiger charge is -2.10. The van der Waals surface area contributed by atoms with Gasteiger partial charge in [0.1, 0.15) is 5.75 Å². The van der Waals surface area contributed by atoms with Gasteiger partial charge in [-0.25, -0.2) is 0 Å². The Labute approximate surface area is 132 Å². The summed E-state index contributed by atoms with van der Waals surface area (Å²) in [6.07, 6.45) is 0. The van der Waals surface area contributed by atoms with Gasteiger partial charge in [0.15, 0.2) is 6.61 Å². The first-order chi connectivity index (χ1) is 10.1. The van der Waals surface area contributed by atoms with Crippen LogP contribution in [-0.4, -0.2) is 12.5 Å². The summed E-state index contributed by atoms with van der Waals surface area (Å²) in [5, 5.41) is 2.78. The van der Waals surface area contributed by atoms with Gasteiger partial charge in [-0.05, 0) is 52.7 Å². The molecule has 0 heterocycles. The molecule has 4 nitrogen and oxygen atoms in total. The van der Waals surface area contributed by atoms with E-state index in [9.17, 15) is 4.79 Å². The summed E-state index contributed by atoms with van der Waals surface area (Å²) < 4.78 is 6.28. The fourth-order valence-electron chi connectivity index (χ4n) is 1.77. The molecular formula is C16H17BrN2O2. The number of hydrogen-bond acceptors (Lipinski definition) is 3. The Morgan fingerprint density at radius 2 is 1.95 bits per heavy atom. The standard InChI is InChI=1S/C16H17BrN2O2/c1-11-2-5-13(6-3-11)19-16(20)10-21-15-7-4-12(9-18)8-14(15)17/h2-8H,9-10,18H2,1H3,(H,19,20). The fourth-order valence-corrected chi connectivity index (χ4v) is 2.31. The zero-order chi connectivity index (χ0) is 15.2. The molecule has 2 aromatic carbocycles. The molecule has 2 rings (SSSR count). The SMILES string of the molecule is Cc1ccc(NC(=O)COc2ccc(CN)cc2Br)cc1. The largest absolute Gasteiger partial charge is 0.483 e. The summed E-state index contributed by atoms with van der Waals surface area (Å²) in [5.41, 5.74) is 8.46. The molecule has 21 heavy (non-hydrogen) atoms. The molecule has 0 bridgehead atoms. The molecule has 0 saturated carbocycles. The van der Waals surface area contributed by atoms with Gasteiger partial charge in [0, 0.05) is 12.2 Å². The first-order valence-electron chi connectivity index (χ1n) is 6.56. The van der Waals surface area contributed by atoms with Crippen molar-refractivity contribution in [2.45, 2.75) is 13.5 Å². The van der Waals surface area contributed by atoms with E-state index < -0.39 is 0 Å². The molecule has 0 atom stereocenters. The number of carbonyl (C=O) groups is 1. The molecule has 0 spiro atoms. The first-order valence-corrected chi connectivity index (χ1v) is 7.35. The Hall–Kier alpha value is -1.85. The zero-order valence-electron chi connectivity index (χ0n) is 11.7. The number of hydrogen-bond donors (Lipinski definition) is 2. The van der Waals surface area contributed by atoms with Gasteiger partial charge in [-0.1, -0.05) is 23.8 Å². The topological polar surface area (TPSA) is 64.3 Å². The van der Waals surface area contributed by atoms with Crippen LogP contribution in [0, 0.1) is 6.92 Å². The van der Waals surface area contributed by atoms with E-state index in [2.05, 4.69) is 21.2 Å². The van der Waals surface area contributed by atoms with Crippen LogP contribution in [0.25, 0.3) is 0 Å². The predicted molar refractivity (Wildman–Crippen MR) is 87.3 cm³/mol. The fraction of sp³-hybridized carbons (Fsp3) is 0.188. The normalized spacial score (nSPS) is 10.2. The van der Waals surface area contributed by atoms with Crippen LogP contribution in [0.4, 0.5) is 5.69 Å². The van der Waals surface area contributed by atoms with Crippen molar-refractivity contribution in [3.8, 4) is 5.75 Å². The molecule has 0 fully saturated rings. The van der Waals surface area contributed by atoms with Crippen molar-refractivity contribution in [3.63, 3.8) is 0 Å². The molecule has 0 radical (unpaired) electrons. The van der Waals surface area contributed by atoms with Crippen LogP contribution in [0.15, 0.2) is 46.9 Å². The summed E-state index contributed by atoms with van der Waals surface area (Å²) >= 11 is 3.40. The highest BCUT2D eigenvalue weighted by molar-refractivity contribution is 9.10. The third-order valence-electron chi connectivity index (χ3n) is 2.93. The van der Waals surface area contributed by atoms with E-state index >= 15 is 0 Å². The number of halogens is 1. The molecule has 0 aliphatic heterocycles. The maximum atomic E-state index is 11.8. The van der Waals surface area contributed by atoms with Crippen LogP contribution in [0.2, 0.25) is 0 Å². The maximum Gasteiger partial charge on any atom is 0.262 e. The van der Waals surface area contributed by atoms with Gasteiger partial charge in [0.25, 0.3) is 5.91 Å². The van der Waals surface area contributed by atoms with Crippen molar-refractivity contribution in [3.05, 3.63) is 58.1 Å². The monoisotopic (exact) mass is 348 g/mol. The number of aryl methyl sites for hydroxylation is 1. The second kappa shape index (κ2) is 7.24. The summed E-state index contributed by atoms with van der Waals surface area (Å²) in [6.45, 7) is 2.42. The Kier molecular flexibility index (Phi) is 5.36. The van der Waals surface area contributed by atoms with Gasteiger partial charge in [0.2, 0.25) is 0 Å². The van der Waals surface area contributed by atoms with Crippen LogP contribution in [0.1, 0.15) is 11.1 Å². The van der Waals surface area contributed by atoms with E-state index in [0.717, 1.165) is 21.3 Å². The summed E-state index contributed by atoms with van der Waals surface area (Å²) in [5.74, 6) is 0.417. The molecule has 2 aromatic rings.